The zero-order valence-electron chi connectivity index (χ0n) is 17.4. The number of nitrogens with one attached hydrogen (secondary N) is 1. The van der Waals surface area contributed by atoms with Crippen LogP contribution in [0.5, 0.6) is 11.5 Å². The molecular formula is C23H26N2O4. The molecule has 2 aromatic carbocycles. The topological polar surface area (TPSA) is 71.6 Å². The van der Waals surface area contributed by atoms with Crippen LogP contribution in [0.2, 0.25) is 0 Å². The molecule has 0 aliphatic rings. The third-order valence-corrected chi connectivity index (χ3v) is 4.93. The van der Waals surface area contributed by atoms with Crippen molar-refractivity contribution in [2.45, 2.75) is 33.4 Å². The molecule has 0 unspecified atom stereocenters. The lowest BCUT2D eigenvalue weighted by Crippen LogP contribution is -2.38. The highest BCUT2D eigenvalue weighted by molar-refractivity contribution is 5.95. The van der Waals surface area contributed by atoms with Gasteiger partial charge in [0, 0.05) is 22.7 Å². The molecule has 0 radical (unpaired) electrons. The number of carbonyl (C=O) groups is 1. The summed E-state index contributed by atoms with van der Waals surface area (Å²) in [7, 11) is 3.08. The summed E-state index contributed by atoms with van der Waals surface area (Å²) >= 11 is 0. The summed E-state index contributed by atoms with van der Waals surface area (Å²) in [6.07, 6.45) is 0. The van der Waals surface area contributed by atoms with Crippen LogP contribution in [-0.2, 0) is 6.54 Å². The normalized spacial score (nSPS) is 11.0. The Morgan fingerprint density at radius 2 is 1.76 bits per heavy atom. The van der Waals surface area contributed by atoms with Gasteiger partial charge in [0.25, 0.3) is 11.5 Å². The van der Waals surface area contributed by atoms with Gasteiger partial charge in [-0.2, -0.15) is 0 Å². The average molecular weight is 394 g/mol. The zero-order chi connectivity index (χ0) is 21.1. The van der Waals surface area contributed by atoms with Crippen LogP contribution in [0.1, 0.15) is 35.3 Å². The Hall–Kier alpha value is -3.28. The molecule has 1 heterocycles. The summed E-state index contributed by atoms with van der Waals surface area (Å²) in [6, 6.07) is 12.7. The number of amides is 1. The van der Waals surface area contributed by atoms with E-state index < -0.39 is 0 Å². The number of carbonyl (C=O) groups excluding carboxylic acids is 1. The molecule has 1 amide bonds. The summed E-state index contributed by atoms with van der Waals surface area (Å²) in [5.41, 5.74) is 2.73. The molecule has 0 bridgehead atoms. The zero-order valence-corrected chi connectivity index (χ0v) is 17.4. The molecule has 0 saturated carbocycles. The fraction of sp³-hybridized carbons (Fsp3) is 0.304. The van der Waals surface area contributed by atoms with E-state index in [1.165, 1.54) is 7.11 Å². The van der Waals surface area contributed by atoms with Gasteiger partial charge in [-0.1, -0.05) is 11.6 Å². The minimum Gasteiger partial charge on any atom is -0.493 e. The Morgan fingerprint density at radius 3 is 2.41 bits per heavy atom. The lowest BCUT2D eigenvalue weighted by Gasteiger charge is -2.27. The summed E-state index contributed by atoms with van der Waals surface area (Å²) < 4.78 is 10.6. The van der Waals surface area contributed by atoms with Crippen LogP contribution >= 0.6 is 0 Å². The van der Waals surface area contributed by atoms with Crippen LogP contribution in [0, 0.1) is 6.92 Å². The lowest BCUT2D eigenvalue weighted by atomic mass is 10.1. The van der Waals surface area contributed by atoms with Crippen molar-refractivity contribution >= 4 is 16.8 Å². The second kappa shape index (κ2) is 8.39. The molecule has 152 valence electrons. The van der Waals surface area contributed by atoms with Crippen molar-refractivity contribution in [3.8, 4) is 11.5 Å². The molecule has 6 heteroatoms. The highest BCUT2D eigenvalue weighted by atomic mass is 16.5. The van der Waals surface area contributed by atoms with E-state index in [4.69, 9.17) is 9.47 Å². The second-order valence-corrected chi connectivity index (χ2v) is 7.31. The number of pyridine rings is 1. The van der Waals surface area contributed by atoms with Gasteiger partial charge in [0.05, 0.1) is 20.8 Å². The monoisotopic (exact) mass is 394 g/mol. The van der Waals surface area contributed by atoms with E-state index in [0.717, 1.165) is 16.5 Å². The van der Waals surface area contributed by atoms with E-state index in [2.05, 4.69) is 4.98 Å². The number of H-pyrrole nitrogens is 1. The molecule has 0 spiro atoms. The van der Waals surface area contributed by atoms with Crippen LogP contribution in [0.25, 0.3) is 10.9 Å². The predicted molar refractivity (Wildman–Crippen MR) is 114 cm³/mol. The predicted octanol–water partition coefficient (Wildman–Crippen LogP) is 3.90. The number of rotatable bonds is 6. The highest BCUT2D eigenvalue weighted by Gasteiger charge is 2.22. The largest absolute Gasteiger partial charge is 0.493 e. The van der Waals surface area contributed by atoms with Gasteiger partial charge in [-0.15, -0.1) is 0 Å². The maximum absolute atomic E-state index is 13.2. The molecule has 3 rings (SSSR count). The Morgan fingerprint density at radius 1 is 1.03 bits per heavy atom. The second-order valence-electron chi connectivity index (χ2n) is 7.31. The molecular weight excluding hydrogens is 368 g/mol. The number of aryl methyl sites for hydroxylation is 1. The summed E-state index contributed by atoms with van der Waals surface area (Å²) in [5.74, 6) is 0.868. The number of hydrogen-bond acceptors (Lipinski definition) is 4. The summed E-state index contributed by atoms with van der Waals surface area (Å²) in [4.78, 5) is 30.4. The number of hydrogen-bond donors (Lipinski definition) is 1. The minimum absolute atomic E-state index is 0.0943. The van der Waals surface area contributed by atoms with E-state index in [1.54, 1.807) is 30.2 Å². The third kappa shape index (κ3) is 4.26. The van der Waals surface area contributed by atoms with Crippen LogP contribution in [0.4, 0.5) is 0 Å². The van der Waals surface area contributed by atoms with Crippen LogP contribution in [0.3, 0.4) is 0 Å². The average Bonchev–Trinajstić information content (AvgIpc) is 2.71. The van der Waals surface area contributed by atoms with Gasteiger partial charge in [0.2, 0.25) is 0 Å². The van der Waals surface area contributed by atoms with Crippen molar-refractivity contribution in [2.24, 2.45) is 0 Å². The summed E-state index contributed by atoms with van der Waals surface area (Å²) in [5, 5.41) is 0.946. The van der Waals surface area contributed by atoms with Crippen molar-refractivity contribution in [1.29, 1.82) is 0 Å². The third-order valence-electron chi connectivity index (χ3n) is 4.93. The van der Waals surface area contributed by atoms with E-state index in [9.17, 15) is 9.59 Å². The van der Waals surface area contributed by atoms with Gasteiger partial charge in [0.1, 0.15) is 0 Å². The molecule has 6 nitrogen and oxygen atoms in total. The lowest BCUT2D eigenvalue weighted by molar-refractivity contribution is 0.0689. The van der Waals surface area contributed by atoms with Gasteiger partial charge < -0.3 is 19.4 Å². The van der Waals surface area contributed by atoms with Gasteiger partial charge >= 0.3 is 0 Å². The maximum Gasteiger partial charge on any atom is 0.254 e. The fourth-order valence-electron chi connectivity index (χ4n) is 3.30. The van der Waals surface area contributed by atoms with E-state index >= 15 is 0 Å². The molecule has 0 saturated heterocycles. The molecule has 1 aromatic heterocycles. The van der Waals surface area contributed by atoms with Gasteiger partial charge in [-0.3, -0.25) is 9.59 Å². The van der Waals surface area contributed by atoms with Crippen molar-refractivity contribution in [3.63, 3.8) is 0 Å². The Kier molecular flexibility index (Phi) is 5.92. The SMILES string of the molecule is COc1ccc(C(=O)N(Cc2cc3cc(C)ccc3[nH]c2=O)C(C)C)cc1OC. The molecule has 0 aliphatic heterocycles. The first-order valence-corrected chi connectivity index (χ1v) is 9.49. The molecule has 0 atom stereocenters. The number of fused-ring (bicyclic) bond motifs is 1. The van der Waals surface area contributed by atoms with Crippen molar-refractivity contribution in [1.82, 2.24) is 9.88 Å². The number of aromatic nitrogens is 1. The number of benzene rings is 2. The molecule has 29 heavy (non-hydrogen) atoms. The molecule has 0 fully saturated rings. The molecule has 1 N–H and O–H groups in total. The molecule has 0 aliphatic carbocycles. The highest BCUT2D eigenvalue weighted by Crippen LogP contribution is 2.28. The van der Waals surface area contributed by atoms with Gasteiger partial charge in [-0.05, 0) is 62.6 Å². The number of aromatic amines is 1. The maximum atomic E-state index is 13.2. The van der Waals surface area contributed by atoms with E-state index in [-0.39, 0.29) is 24.1 Å². The quantitative estimate of drug-likeness (QED) is 0.688. The Bertz CT molecular complexity index is 1100. The number of nitrogens with zero attached hydrogens (tertiary/aromatic N) is 1. The van der Waals surface area contributed by atoms with Crippen LogP contribution in [0.15, 0.2) is 47.3 Å². The van der Waals surface area contributed by atoms with Gasteiger partial charge in [0.15, 0.2) is 11.5 Å². The number of methoxy groups -OCH3 is 2. The number of ether oxygens (including phenoxy) is 2. The Labute approximate surface area is 170 Å². The minimum atomic E-state index is -0.188. The first-order chi connectivity index (χ1) is 13.8. The fourth-order valence-corrected chi connectivity index (χ4v) is 3.30. The van der Waals surface area contributed by atoms with Crippen LogP contribution < -0.4 is 15.0 Å². The van der Waals surface area contributed by atoms with Crippen molar-refractivity contribution < 1.29 is 14.3 Å². The standard InChI is InChI=1S/C23H26N2O4/c1-14(2)25(23(27)16-7-9-20(28-4)21(12-16)29-5)13-18-11-17-10-15(3)6-8-19(17)24-22(18)26/h6-12,14H,13H2,1-5H3,(H,24,26). The van der Waals surface area contributed by atoms with Crippen LogP contribution in [-0.4, -0.2) is 36.1 Å². The van der Waals surface area contributed by atoms with Gasteiger partial charge in [-0.25, -0.2) is 0 Å². The molecule has 3 aromatic rings. The first-order valence-electron chi connectivity index (χ1n) is 9.49. The first kappa shape index (κ1) is 20.5. The van der Waals surface area contributed by atoms with Crippen molar-refractivity contribution in [3.05, 3.63) is 69.5 Å². The summed E-state index contributed by atoms with van der Waals surface area (Å²) in [6.45, 7) is 6.07. The van der Waals surface area contributed by atoms with E-state index in [0.29, 0.717) is 22.6 Å². The van der Waals surface area contributed by atoms with E-state index in [1.807, 2.05) is 45.0 Å². The van der Waals surface area contributed by atoms with Crippen molar-refractivity contribution in [2.75, 3.05) is 14.2 Å². The smallest absolute Gasteiger partial charge is 0.254 e. The Balaban J connectivity index is 1.97.